The summed E-state index contributed by atoms with van der Waals surface area (Å²) in [5.74, 6) is -1.01. The molecule has 2 unspecified atom stereocenters. The lowest BCUT2D eigenvalue weighted by Gasteiger charge is -2.31. The van der Waals surface area contributed by atoms with Gasteiger partial charge in [-0.3, -0.25) is 44.1 Å². The summed E-state index contributed by atoms with van der Waals surface area (Å²) in [5, 5.41) is 21.4. The summed E-state index contributed by atoms with van der Waals surface area (Å²) in [6, 6.07) is 30.6. The van der Waals surface area contributed by atoms with Crippen LogP contribution in [0.1, 0.15) is 51.6 Å². The highest BCUT2D eigenvalue weighted by Gasteiger charge is 2.36. The van der Waals surface area contributed by atoms with Gasteiger partial charge in [0.05, 0.1) is 31.9 Å². The molecule has 0 saturated carbocycles. The Balaban J connectivity index is 0.000000216. The highest BCUT2D eigenvalue weighted by Crippen LogP contribution is 2.26. The fourth-order valence-corrected chi connectivity index (χ4v) is 7.46. The van der Waals surface area contributed by atoms with Crippen LogP contribution in [0.5, 0.6) is 0 Å². The van der Waals surface area contributed by atoms with Gasteiger partial charge in [0.15, 0.2) is 0 Å². The van der Waals surface area contributed by atoms with Gasteiger partial charge in [0.1, 0.15) is 30.5 Å². The normalized spacial score (nSPS) is 17.7. The Labute approximate surface area is 370 Å². The number of esters is 1. The molecule has 0 aromatic heterocycles. The zero-order chi connectivity index (χ0) is 45.8. The molecule has 3 aliphatic rings. The van der Waals surface area contributed by atoms with Gasteiger partial charge in [-0.1, -0.05) is 36.4 Å². The van der Waals surface area contributed by atoms with Crippen LogP contribution in [0, 0.1) is 16.7 Å². The molecule has 7 rings (SSSR count). The second-order valence-electron chi connectivity index (χ2n) is 15.0. The molecular weight excluding hydrogens is 847 g/mol. The van der Waals surface area contributed by atoms with Gasteiger partial charge >= 0.3 is 18.2 Å². The summed E-state index contributed by atoms with van der Waals surface area (Å²) in [4.78, 5) is 66.0. The highest BCUT2D eigenvalue weighted by atomic mass is 32.2. The number of amides is 4. The molecule has 3 saturated heterocycles. The number of hydrogen-bond acceptors (Lipinski definition) is 14. The summed E-state index contributed by atoms with van der Waals surface area (Å²) in [5.41, 5.74) is 3.10. The van der Waals surface area contributed by atoms with Crippen molar-refractivity contribution >= 4 is 63.1 Å². The van der Waals surface area contributed by atoms with Crippen molar-refractivity contribution in [2.45, 2.75) is 32.0 Å². The van der Waals surface area contributed by atoms with E-state index in [9.17, 15) is 32.4 Å². The largest absolute Gasteiger partial charge is 0.466 e. The number of nitrogens with zero attached hydrogens (tertiary/aromatic N) is 3. The first-order valence-corrected chi connectivity index (χ1v) is 22.3. The van der Waals surface area contributed by atoms with E-state index in [-0.39, 0.29) is 48.7 Å². The Kier molecular flexibility index (Phi) is 15.6. The number of piperidine rings is 1. The Morgan fingerprint density at radius 3 is 1.55 bits per heavy atom. The van der Waals surface area contributed by atoms with Gasteiger partial charge in [0.2, 0.25) is 0 Å². The van der Waals surface area contributed by atoms with E-state index in [0.29, 0.717) is 53.3 Å². The molecule has 3 fully saturated rings. The minimum Gasteiger partial charge on any atom is -0.466 e. The summed E-state index contributed by atoms with van der Waals surface area (Å²) in [6.07, 6.45) is 0.426. The number of rotatable bonds is 13. The zero-order valence-electron chi connectivity index (χ0n) is 35.2. The maximum Gasteiger partial charge on any atom is 0.414 e. The van der Waals surface area contributed by atoms with Crippen LogP contribution in [0.4, 0.5) is 21.0 Å². The van der Waals surface area contributed by atoms with Gasteiger partial charge in [-0.05, 0) is 106 Å². The average Bonchev–Trinajstić information content (AvgIpc) is 3.87. The van der Waals surface area contributed by atoms with Crippen LogP contribution in [-0.4, -0.2) is 119 Å². The van der Waals surface area contributed by atoms with Crippen LogP contribution in [0.2, 0.25) is 0 Å². The molecule has 4 aromatic carbocycles. The number of carbonyl (C=O) groups is 5. The van der Waals surface area contributed by atoms with Crippen molar-refractivity contribution in [1.82, 2.24) is 15.5 Å². The fraction of sp³-hybridized carbons (Fsp3) is 0.311. The van der Waals surface area contributed by atoms with Crippen LogP contribution >= 0.6 is 0 Å². The smallest absolute Gasteiger partial charge is 0.414 e. The Morgan fingerprint density at radius 2 is 1.11 bits per heavy atom. The Hall–Kier alpha value is -6.96. The van der Waals surface area contributed by atoms with E-state index in [0.717, 1.165) is 32.2 Å². The molecular formula is C45H49N7O11S. The summed E-state index contributed by atoms with van der Waals surface area (Å²) >= 11 is 0. The third-order valence-corrected chi connectivity index (χ3v) is 10.9. The van der Waals surface area contributed by atoms with Crippen molar-refractivity contribution in [3.05, 3.63) is 131 Å². The van der Waals surface area contributed by atoms with Crippen molar-refractivity contribution < 1.29 is 50.8 Å². The summed E-state index contributed by atoms with van der Waals surface area (Å²) in [7, 11) is -3.62. The number of carbonyl (C=O) groups excluding carboxylic acids is 5. The Bertz CT molecular complexity index is 2430. The summed E-state index contributed by atoms with van der Waals surface area (Å²) < 4.78 is 42.6. The van der Waals surface area contributed by atoms with E-state index in [2.05, 4.69) is 19.7 Å². The van der Waals surface area contributed by atoms with Crippen molar-refractivity contribution in [2.24, 2.45) is 5.92 Å². The lowest BCUT2D eigenvalue weighted by Crippen LogP contribution is -2.41. The van der Waals surface area contributed by atoms with Gasteiger partial charge in [-0.2, -0.15) is 8.42 Å². The molecule has 3 heterocycles. The topological polar surface area (TPSA) is 238 Å². The van der Waals surface area contributed by atoms with Crippen LogP contribution in [0.25, 0.3) is 0 Å². The van der Waals surface area contributed by atoms with Crippen LogP contribution < -0.4 is 20.4 Å². The van der Waals surface area contributed by atoms with E-state index in [1.165, 1.54) is 4.90 Å². The highest BCUT2D eigenvalue weighted by molar-refractivity contribution is 7.86. The van der Waals surface area contributed by atoms with E-state index >= 15 is 0 Å². The van der Waals surface area contributed by atoms with Crippen LogP contribution in [0.15, 0.2) is 109 Å². The van der Waals surface area contributed by atoms with Crippen molar-refractivity contribution in [3.8, 4) is 0 Å². The molecule has 18 nitrogen and oxygen atoms in total. The van der Waals surface area contributed by atoms with E-state index in [1.54, 1.807) is 108 Å². The SMILES string of the molecule is CCOC(=O)C1CCN(CC2CN(c3ccc(C(=N)NC(=O)c4ccccc4)cc3)C(=O)O2)CC1.CS(=O)(=O)OCC1CN(c2ccc(C(=N)NC(=O)c3ccccc3)cc2)C(=O)O1. The first-order chi connectivity index (χ1) is 30.7. The molecule has 3 aliphatic heterocycles. The van der Waals surface area contributed by atoms with Crippen molar-refractivity contribution in [3.63, 3.8) is 0 Å². The van der Waals surface area contributed by atoms with E-state index in [4.69, 9.17) is 25.0 Å². The molecule has 0 radical (unpaired) electrons. The number of amidine groups is 2. The first kappa shape index (κ1) is 46.5. The number of anilines is 2. The maximum atomic E-state index is 12.5. The average molecular weight is 896 g/mol. The van der Waals surface area contributed by atoms with Gasteiger partial charge in [0.25, 0.3) is 21.9 Å². The third-order valence-electron chi connectivity index (χ3n) is 10.4. The quantitative estimate of drug-likeness (QED) is 0.0466. The predicted molar refractivity (Wildman–Crippen MR) is 236 cm³/mol. The number of nitrogens with one attached hydrogen (secondary N) is 4. The number of hydrogen-bond donors (Lipinski definition) is 4. The van der Waals surface area contributed by atoms with Gasteiger partial charge < -0.3 is 24.8 Å². The van der Waals surface area contributed by atoms with Gasteiger partial charge in [-0.15, -0.1) is 0 Å². The molecule has 64 heavy (non-hydrogen) atoms. The van der Waals surface area contributed by atoms with Gasteiger partial charge in [-0.25, -0.2) is 9.59 Å². The second kappa shape index (κ2) is 21.4. The number of cyclic esters (lactones) is 2. The second-order valence-corrected chi connectivity index (χ2v) is 16.7. The van der Waals surface area contributed by atoms with E-state index < -0.39 is 34.3 Å². The maximum absolute atomic E-state index is 12.5. The van der Waals surface area contributed by atoms with Crippen molar-refractivity contribution in [1.29, 1.82) is 10.8 Å². The van der Waals surface area contributed by atoms with Gasteiger partial charge in [0, 0.05) is 40.2 Å². The number of likely N-dealkylation sites (tertiary alicyclic amines) is 1. The van der Waals surface area contributed by atoms with Crippen molar-refractivity contribution in [2.75, 3.05) is 62.0 Å². The zero-order valence-corrected chi connectivity index (χ0v) is 36.0. The minimum absolute atomic E-state index is 0.0153. The molecule has 336 valence electrons. The molecule has 4 aromatic rings. The molecule has 4 N–H and O–H groups in total. The number of benzene rings is 4. The predicted octanol–water partition coefficient (Wildman–Crippen LogP) is 4.79. The standard InChI is InChI=1S/C26H30N4O5.C19H19N3O6S/c1-2-34-25(32)20-12-14-29(15-13-20)16-22-17-30(26(33)35-22)21-10-8-18(9-11-21)23(27)28-24(31)19-6-4-3-5-7-19;1-29(25,26)27-12-16-11-22(19(24)28-16)15-9-7-13(8-10-15)17(20)21-18(23)14-5-3-2-4-6-14/h3-11,20,22H,2,12-17H2,1H3,(H2,27,28,31);2-10,16H,11-12H2,1H3,(H2,20,21,23). The number of ether oxygens (including phenoxy) is 3. The van der Waals surface area contributed by atoms with Crippen LogP contribution in [0.3, 0.4) is 0 Å². The first-order valence-electron chi connectivity index (χ1n) is 20.5. The minimum atomic E-state index is -3.62. The summed E-state index contributed by atoms with van der Waals surface area (Å²) in [6.45, 7) is 4.67. The monoisotopic (exact) mass is 895 g/mol. The fourth-order valence-electron chi connectivity index (χ4n) is 7.06. The van der Waals surface area contributed by atoms with E-state index in [1.807, 2.05) is 13.0 Å². The molecule has 0 spiro atoms. The molecule has 0 bridgehead atoms. The lowest BCUT2D eigenvalue weighted by molar-refractivity contribution is -0.149. The Morgan fingerprint density at radius 1 is 0.672 bits per heavy atom. The third kappa shape index (κ3) is 12.8. The molecule has 19 heteroatoms. The molecule has 4 amide bonds. The lowest BCUT2D eigenvalue weighted by atomic mass is 9.97. The van der Waals surface area contributed by atoms with Crippen LogP contribution in [-0.2, 0) is 33.3 Å². The molecule has 0 aliphatic carbocycles. The molecule has 2 atom stereocenters.